The van der Waals surface area contributed by atoms with Gasteiger partial charge in [-0.3, -0.25) is 14.3 Å². The molecule has 0 spiro atoms. The van der Waals surface area contributed by atoms with Crippen molar-refractivity contribution in [2.24, 2.45) is 0 Å². The summed E-state index contributed by atoms with van der Waals surface area (Å²) in [6.45, 7) is 6.10. The number of anilines is 1. The van der Waals surface area contributed by atoms with Crippen LogP contribution in [0.25, 0.3) is 0 Å². The summed E-state index contributed by atoms with van der Waals surface area (Å²) >= 11 is 0. The molecule has 2 aromatic carbocycles. The van der Waals surface area contributed by atoms with Gasteiger partial charge in [-0.15, -0.1) is 0 Å². The van der Waals surface area contributed by atoms with Gasteiger partial charge < -0.3 is 5.32 Å². The molecule has 3 aromatic rings. The van der Waals surface area contributed by atoms with Crippen molar-refractivity contribution in [1.29, 1.82) is 0 Å². The second-order valence-electron chi connectivity index (χ2n) is 8.54. The predicted octanol–water partition coefficient (Wildman–Crippen LogP) is 5.00. The van der Waals surface area contributed by atoms with Gasteiger partial charge >= 0.3 is 0 Å². The van der Waals surface area contributed by atoms with Gasteiger partial charge in [-0.2, -0.15) is 5.10 Å². The number of rotatable bonds is 5. The Morgan fingerprint density at radius 1 is 0.966 bits per heavy atom. The third-order valence-corrected chi connectivity index (χ3v) is 5.01. The first kappa shape index (κ1) is 19.1. The zero-order chi connectivity index (χ0) is 20.6. The van der Waals surface area contributed by atoms with Crippen LogP contribution in [0.5, 0.6) is 0 Å². The van der Waals surface area contributed by atoms with Crippen LogP contribution in [-0.4, -0.2) is 21.5 Å². The maximum atomic E-state index is 13.0. The molecule has 1 aliphatic rings. The van der Waals surface area contributed by atoms with Crippen LogP contribution in [0.15, 0.2) is 60.7 Å². The molecular formula is C24H25N3O2. The topological polar surface area (TPSA) is 64.0 Å². The number of hydrogen-bond donors (Lipinski definition) is 1. The van der Waals surface area contributed by atoms with Crippen molar-refractivity contribution in [2.75, 3.05) is 5.32 Å². The van der Waals surface area contributed by atoms with Crippen molar-refractivity contribution in [1.82, 2.24) is 9.78 Å². The lowest BCUT2D eigenvalue weighted by Crippen LogP contribution is -2.29. The Balaban J connectivity index is 1.59. The third-order valence-electron chi connectivity index (χ3n) is 5.01. The highest BCUT2D eigenvalue weighted by atomic mass is 16.2. The van der Waals surface area contributed by atoms with Gasteiger partial charge in [-0.1, -0.05) is 42.5 Å². The number of nitrogens with one attached hydrogen (secondary N) is 1. The lowest BCUT2D eigenvalue weighted by atomic mass is 10.0. The van der Waals surface area contributed by atoms with Crippen LogP contribution >= 0.6 is 0 Å². The molecule has 1 amide bonds. The van der Waals surface area contributed by atoms with Crippen molar-refractivity contribution in [3.63, 3.8) is 0 Å². The van der Waals surface area contributed by atoms with E-state index in [-0.39, 0.29) is 17.2 Å². The largest absolute Gasteiger partial charge is 0.321 e. The van der Waals surface area contributed by atoms with Crippen LogP contribution in [0.1, 0.15) is 71.6 Å². The van der Waals surface area contributed by atoms with E-state index in [1.807, 2.05) is 45.0 Å². The monoisotopic (exact) mass is 387 g/mol. The molecule has 0 bridgehead atoms. The van der Waals surface area contributed by atoms with Crippen molar-refractivity contribution in [3.05, 3.63) is 83.2 Å². The van der Waals surface area contributed by atoms with E-state index in [1.54, 1.807) is 41.1 Å². The number of hydrogen-bond acceptors (Lipinski definition) is 3. The van der Waals surface area contributed by atoms with E-state index in [0.29, 0.717) is 28.4 Å². The Morgan fingerprint density at radius 2 is 1.66 bits per heavy atom. The molecule has 0 unspecified atom stereocenters. The molecule has 0 atom stereocenters. The lowest BCUT2D eigenvalue weighted by molar-refractivity contribution is 0.100. The maximum absolute atomic E-state index is 13.0. The fraction of sp³-hybridized carbons (Fsp3) is 0.292. The van der Waals surface area contributed by atoms with E-state index in [4.69, 9.17) is 5.10 Å². The zero-order valence-electron chi connectivity index (χ0n) is 17.0. The van der Waals surface area contributed by atoms with E-state index >= 15 is 0 Å². The summed E-state index contributed by atoms with van der Waals surface area (Å²) in [4.78, 5) is 25.7. The van der Waals surface area contributed by atoms with Crippen molar-refractivity contribution in [2.45, 2.75) is 45.1 Å². The molecule has 0 saturated heterocycles. The highest BCUT2D eigenvalue weighted by Gasteiger charge is 2.31. The summed E-state index contributed by atoms with van der Waals surface area (Å²) in [5.41, 5.74) is 2.97. The molecule has 1 heterocycles. The van der Waals surface area contributed by atoms with Crippen LogP contribution in [0.3, 0.4) is 0 Å². The molecule has 5 nitrogen and oxygen atoms in total. The van der Waals surface area contributed by atoms with Gasteiger partial charge in [-0.05, 0) is 51.8 Å². The molecule has 148 valence electrons. The molecule has 1 aromatic heterocycles. The number of amides is 1. The number of aromatic nitrogens is 2. The first-order valence-corrected chi connectivity index (χ1v) is 9.94. The number of carbonyl (C=O) groups excluding carboxylic acids is 2. The number of ketones is 1. The van der Waals surface area contributed by atoms with Gasteiger partial charge in [0.15, 0.2) is 5.78 Å². The SMILES string of the molecule is CC(C)(C)n1nc(C2CC2)cc1C(=O)Nc1cccc(C(=O)c2ccccc2)c1. The minimum absolute atomic E-state index is 0.0718. The molecule has 1 saturated carbocycles. The molecule has 1 N–H and O–H groups in total. The maximum Gasteiger partial charge on any atom is 0.273 e. The molecule has 0 aliphatic heterocycles. The summed E-state index contributed by atoms with van der Waals surface area (Å²) < 4.78 is 1.80. The summed E-state index contributed by atoms with van der Waals surface area (Å²) in [6.07, 6.45) is 2.26. The average molecular weight is 387 g/mol. The van der Waals surface area contributed by atoms with Gasteiger partial charge in [0, 0.05) is 22.7 Å². The Hall–Kier alpha value is -3.21. The molecule has 1 fully saturated rings. The van der Waals surface area contributed by atoms with Crippen molar-refractivity contribution < 1.29 is 9.59 Å². The van der Waals surface area contributed by atoms with Crippen LogP contribution in [0.4, 0.5) is 5.69 Å². The van der Waals surface area contributed by atoms with E-state index in [2.05, 4.69) is 5.32 Å². The first-order chi connectivity index (χ1) is 13.8. The Morgan fingerprint density at radius 3 is 2.31 bits per heavy atom. The summed E-state index contributed by atoms with van der Waals surface area (Å²) in [7, 11) is 0. The number of nitrogens with zero attached hydrogens (tertiary/aromatic N) is 2. The van der Waals surface area contributed by atoms with Crippen LogP contribution in [-0.2, 0) is 5.54 Å². The minimum atomic E-state index is -0.301. The second-order valence-corrected chi connectivity index (χ2v) is 8.54. The fourth-order valence-corrected chi connectivity index (χ4v) is 3.34. The van der Waals surface area contributed by atoms with Gasteiger partial charge in [-0.25, -0.2) is 0 Å². The van der Waals surface area contributed by atoms with Crippen molar-refractivity contribution >= 4 is 17.4 Å². The smallest absolute Gasteiger partial charge is 0.273 e. The van der Waals surface area contributed by atoms with E-state index < -0.39 is 0 Å². The van der Waals surface area contributed by atoms with Gasteiger partial charge in [0.2, 0.25) is 0 Å². The molecule has 29 heavy (non-hydrogen) atoms. The summed E-state index contributed by atoms with van der Waals surface area (Å²) in [5.74, 6) is 0.179. The second kappa shape index (κ2) is 7.32. The number of benzene rings is 2. The average Bonchev–Trinajstić information content (AvgIpc) is 3.45. The summed E-state index contributed by atoms with van der Waals surface area (Å²) in [5, 5.41) is 7.63. The van der Waals surface area contributed by atoms with Crippen LogP contribution < -0.4 is 5.32 Å². The Bertz CT molecular complexity index is 1060. The van der Waals surface area contributed by atoms with Crippen molar-refractivity contribution in [3.8, 4) is 0 Å². The normalized spacial score (nSPS) is 13.9. The highest BCUT2D eigenvalue weighted by molar-refractivity contribution is 6.10. The van der Waals surface area contributed by atoms with Gasteiger partial charge in [0.1, 0.15) is 5.69 Å². The minimum Gasteiger partial charge on any atom is -0.321 e. The van der Waals surface area contributed by atoms with E-state index in [0.717, 1.165) is 18.5 Å². The molecule has 0 radical (unpaired) electrons. The highest BCUT2D eigenvalue weighted by Crippen LogP contribution is 2.40. The quantitative estimate of drug-likeness (QED) is 0.627. The third kappa shape index (κ3) is 4.14. The lowest BCUT2D eigenvalue weighted by Gasteiger charge is -2.22. The molecule has 5 heteroatoms. The standard InChI is InChI=1S/C24H25N3O2/c1-24(2,3)27-21(15-20(26-27)16-12-13-16)23(29)25-19-11-7-10-18(14-19)22(28)17-8-5-4-6-9-17/h4-11,14-16H,12-13H2,1-3H3,(H,25,29). The Kier molecular flexibility index (Phi) is 4.82. The fourth-order valence-electron chi connectivity index (χ4n) is 3.34. The van der Waals surface area contributed by atoms with Gasteiger partial charge in [0.25, 0.3) is 5.91 Å². The zero-order valence-corrected chi connectivity index (χ0v) is 17.0. The van der Waals surface area contributed by atoms with Crippen LogP contribution in [0.2, 0.25) is 0 Å². The molecule has 1 aliphatic carbocycles. The van der Waals surface area contributed by atoms with E-state index in [1.165, 1.54) is 0 Å². The Labute approximate surface area is 170 Å². The first-order valence-electron chi connectivity index (χ1n) is 9.94. The summed E-state index contributed by atoms with van der Waals surface area (Å²) in [6, 6.07) is 18.1. The molecule has 4 rings (SSSR count). The van der Waals surface area contributed by atoms with Gasteiger partial charge in [0.05, 0.1) is 11.2 Å². The number of carbonyl (C=O) groups is 2. The van der Waals surface area contributed by atoms with Crippen LogP contribution in [0, 0.1) is 0 Å². The predicted molar refractivity (Wildman–Crippen MR) is 113 cm³/mol. The molecular weight excluding hydrogens is 362 g/mol. The van der Waals surface area contributed by atoms with E-state index in [9.17, 15) is 9.59 Å².